The van der Waals surface area contributed by atoms with E-state index in [0.29, 0.717) is 29.0 Å². The number of hydrogen-bond donors (Lipinski definition) is 1. The molecule has 1 aliphatic rings. The van der Waals surface area contributed by atoms with Gasteiger partial charge in [0.25, 0.3) is 0 Å². The van der Waals surface area contributed by atoms with Crippen LogP contribution < -0.4 is 10.5 Å². The maximum atomic E-state index is 5.86. The lowest BCUT2D eigenvalue weighted by Gasteiger charge is -2.29. The first kappa shape index (κ1) is 14.4. The third kappa shape index (κ3) is 4.56. The molecule has 4 nitrogen and oxygen atoms in total. The number of hydrogen-bond acceptors (Lipinski definition) is 4. The standard InChI is InChI=1S/C14H21ClN2O2/c1-11(9-17-4-6-18-7-5-17)10-19-14-3-2-12(15)8-13(14)16/h2-3,8,11H,4-7,9-10,16H2,1H3. The molecule has 1 atom stereocenters. The van der Waals surface area contributed by atoms with E-state index in [-0.39, 0.29) is 0 Å². The number of nitrogen functional groups attached to an aromatic ring is 1. The van der Waals surface area contributed by atoms with E-state index >= 15 is 0 Å². The molecule has 1 unspecified atom stereocenters. The van der Waals surface area contributed by atoms with Gasteiger partial charge in [-0.25, -0.2) is 0 Å². The number of morpholine rings is 1. The van der Waals surface area contributed by atoms with E-state index in [4.69, 9.17) is 26.8 Å². The molecule has 1 aromatic carbocycles. The van der Waals surface area contributed by atoms with E-state index in [1.165, 1.54) is 0 Å². The Labute approximate surface area is 119 Å². The minimum absolute atomic E-state index is 0.452. The summed E-state index contributed by atoms with van der Waals surface area (Å²) in [6.07, 6.45) is 0. The van der Waals surface area contributed by atoms with Crippen LogP contribution in [-0.4, -0.2) is 44.4 Å². The van der Waals surface area contributed by atoms with Gasteiger partial charge in [-0.15, -0.1) is 0 Å². The summed E-state index contributed by atoms with van der Waals surface area (Å²) in [4.78, 5) is 2.41. The van der Waals surface area contributed by atoms with Crippen molar-refractivity contribution in [2.75, 3.05) is 45.2 Å². The summed E-state index contributed by atoms with van der Waals surface area (Å²) in [5, 5.41) is 0.631. The highest BCUT2D eigenvalue weighted by atomic mass is 35.5. The van der Waals surface area contributed by atoms with Gasteiger partial charge < -0.3 is 15.2 Å². The number of ether oxygens (including phenoxy) is 2. The SMILES string of the molecule is CC(COc1ccc(Cl)cc1N)CN1CCOCC1. The second kappa shape index (κ2) is 6.98. The van der Waals surface area contributed by atoms with Crippen molar-refractivity contribution in [3.63, 3.8) is 0 Å². The molecule has 0 spiro atoms. The van der Waals surface area contributed by atoms with Gasteiger partial charge in [0, 0.05) is 30.6 Å². The van der Waals surface area contributed by atoms with Crippen LogP contribution in [0.5, 0.6) is 5.75 Å². The van der Waals surface area contributed by atoms with Gasteiger partial charge in [0.15, 0.2) is 0 Å². The second-order valence-corrected chi connectivity index (χ2v) is 5.45. The average molecular weight is 285 g/mol. The molecule has 1 aromatic rings. The Bertz CT molecular complexity index is 408. The molecule has 0 radical (unpaired) electrons. The summed E-state index contributed by atoms with van der Waals surface area (Å²) in [6, 6.07) is 5.32. The van der Waals surface area contributed by atoms with E-state index in [1.807, 2.05) is 6.07 Å². The number of benzene rings is 1. The molecule has 5 heteroatoms. The van der Waals surface area contributed by atoms with Gasteiger partial charge in [-0.1, -0.05) is 18.5 Å². The molecule has 0 bridgehead atoms. The number of halogens is 1. The maximum Gasteiger partial charge on any atom is 0.142 e. The summed E-state index contributed by atoms with van der Waals surface area (Å²) in [5.41, 5.74) is 6.44. The predicted molar refractivity (Wildman–Crippen MR) is 77.8 cm³/mol. The first-order valence-electron chi connectivity index (χ1n) is 6.63. The smallest absolute Gasteiger partial charge is 0.142 e. The van der Waals surface area contributed by atoms with Crippen molar-refractivity contribution in [3.8, 4) is 5.75 Å². The van der Waals surface area contributed by atoms with Crippen molar-refractivity contribution in [2.24, 2.45) is 5.92 Å². The molecule has 1 saturated heterocycles. The molecule has 1 fully saturated rings. The molecular formula is C14H21ClN2O2. The Kier molecular flexibility index (Phi) is 5.31. The molecule has 0 amide bonds. The van der Waals surface area contributed by atoms with Crippen LogP contribution in [0, 0.1) is 5.92 Å². The van der Waals surface area contributed by atoms with Crippen LogP contribution >= 0.6 is 11.6 Å². The van der Waals surface area contributed by atoms with Crippen LogP contribution in [0.4, 0.5) is 5.69 Å². The van der Waals surface area contributed by atoms with E-state index < -0.39 is 0 Å². The zero-order valence-corrected chi connectivity index (χ0v) is 12.0. The fourth-order valence-electron chi connectivity index (χ4n) is 2.16. The fourth-order valence-corrected chi connectivity index (χ4v) is 2.34. The lowest BCUT2D eigenvalue weighted by Crippen LogP contribution is -2.39. The molecule has 2 N–H and O–H groups in total. The van der Waals surface area contributed by atoms with Gasteiger partial charge in [0.05, 0.1) is 25.5 Å². The van der Waals surface area contributed by atoms with Crippen molar-refractivity contribution < 1.29 is 9.47 Å². The molecule has 0 saturated carbocycles. The third-order valence-electron chi connectivity index (χ3n) is 3.17. The monoisotopic (exact) mass is 284 g/mol. The van der Waals surface area contributed by atoms with Crippen LogP contribution in [0.15, 0.2) is 18.2 Å². The van der Waals surface area contributed by atoms with Crippen LogP contribution in [0.3, 0.4) is 0 Å². The zero-order valence-electron chi connectivity index (χ0n) is 11.3. The van der Waals surface area contributed by atoms with Crippen molar-refractivity contribution in [3.05, 3.63) is 23.2 Å². The maximum absolute atomic E-state index is 5.86. The Morgan fingerprint density at radius 2 is 2.16 bits per heavy atom. The lowest BCUT2D eigenvalue weighted by atomic mass is 10.2. The molecular weight excluding hydrogens is 264 g/mol. The first-order valence-corrected chi connectivity index (χ1v) is 7.01. The third-order valence-corrected chi connectivity index (χ3v) is 3.40. The van der Waals surface area contributed by atoms with E-state index in [0.717, 1.165) is 32.8 Å². The summed E-state index contributed by atoms with van der Waals surface area (Å²) in [7, 11) is 0. The topological polar surface area (TPSA) is 47.7 Å². The molecule has 2 rings (SSSR count). The molecule has 1 heterocycles. The Balaban J connectivity index is 1.77. The normalized spacial score (nSPS) is 18.2. The number of anilines is 1. The Morgan fingerprint density at radius 1 is 1.42 bits per heavy atom. The first-order chi connectivity index (χ1) is 9.15. The number of nitrogens with two attached hydrogens (primary N) is 1. The van der Waals surface area contributed by atoms with Crippen molar-refractivity contribution in [2.45, 2.75) is 6.92 Å². The Morgan fingerprint density at radius 3 is 2.84 bits per heavy atom. The highest BCUT2D eigenvalue weighted by Gasteiger charge is 2.14. The Hall–Kier alpha value is -0.970. The molecule has 106 valence electrons. The predicted octanol–water partition coefficient (Wildman–Crippen LogP) is 2.27. The van der Waals surface area contributed by atoms with Gasteiger partial charge in [0.1, 0.15) is 5.75 Å². The summed E-state index contributed by atoms with van der Waals surface area (Å²) >= 11 is 5.85. The van der Waals surface area contributed by atoms with Crippen molar-refractivity contribution in [1.29, 1.82) is 0 Å². The van der Waals surface area contributed by atoms with Crippen LogP contribution in [0.1, 0.15) is 6.92 Å². The fraction of sp³-hybridized carbons (Fsp3) is 0.571. The van der Waals surface area contributed by atoms with Crippen molar-refractivity contribution >= 4 is 17.3 Å². The highest BCUT2D eigenvalue weighted by molar-refractivity contribution is 6.30. The molecule has 1 aliphatic heterocycles. The van der Waals surface area contributed by atoms with Gasteiger partial charge in [-0.2, -0.15) is 0 Å². The van der Waals surface area contributed by atoms with Gasteiger partial charge in [-0.05, 0) is 18.2 Å². The van der Waals surface area contributed by atoms with Gasteiger partial charge in [0.2, 0.25) is 0 Å². The van der Waals surface area contributed by atoms with Crippen LogP contribution in [0.2, 0.25) is 5.02 Å². The highest BCUT2D eigenvalue weighted by Crippen LogP contribution is 2.25. The van der Waals surface area contributed by atoms with E-state index in [2.05, 4.69) is 11.8 Å². The second-order valence-electron chi connectivity index (χ2n) is 5.01. The zero-order chi connectivity index (χ0) is 13.7. The van der Waals surface area contributed by atoms with Gasteiger partial charge in [-0.3, -0.25) is 4.90 Å². The van der Waals surface area contributed by atoms with Crippen molar-refractivity contribution in [1.82, 2.24) is 4.90 Å². The number of rotatable bonds is 5. The van der Waals surface area contributed by atoms with E-state index in [1.54, 1.807) is 12.1 Å². The largest absolute Gasteiger partial charge is 0.491 e. The van der Waals surface area contributed by atoms with E-state index in [9.17, 15) is 0 Å². The molecule has 0 aromatic heterocycles. The minimum atomic E-state index is 0.452. The number of nitrogens with zero attached hydrogens (tertiary/aromatic N) is 1. The molecule has 0 aliphatic carbocycles. The lowest BCUT2D eigenvalue weighted by molar-refractivity contribution is 0.0284. The summed E-state index contributed by atoms with van der Waals surface area (Å²) < 4.78 is 11.1. The minimum Gasteiger partial charge on any atom is -0.491 e. The van der Waals surface area contributed by atoms with Crippen LogP contribution in [-0.2, 0) is 4.74 Å². The molecule has 19 heavy (non-hydrogen) atoms. The van der Waals surface area contributed by atoms with Crippen LogP contribution in [0.25, 0.3) is 0 Å². The van der Waals surface area contributed by atoms with Gasteiger partial charge >= 0.3 is 0 Å². The quantitative estimate of drug-likeness (QED) is 0.843. The average Bonchev–Trinajstić information content (AvgIpc) is 2.39. The summed E-state index contributed by atoms with van der Waals surface area (Å²) in [6.45, 7) is 7.54. The summed E-state index contributed by atoms with van der Waals surface area (Å²) in [5.74, 6) is 1.16.